The molecule has 0 N–H and O–H groups in total. The van der Waals surface area contributed by atoms with Crippen LogP contribution >= 0.6 is 0 Å². The summed E-state index contributed by atoms with van der Waals surface area (Å²) in [5.41, 5.74) is 5.97. The van der Waals surface area contributed by atoms with Crippen LogP contribution in [-0.4, -0.2) is 75.4 Å². The van der Waals surface area contributed by atoms with E-state index in [4.69, 9.17) is 14.2 Å². The summed E-state index contributed by atoms with van der Waals surface area (Å²) in [5.74, 6) is -1.95. The standard InChI is InChI=1S/C90H64N6O11/c1-91(57-25-9-5-10-26-57)83(97)69-45-49-73-81-75(89(103)95(87(73)101)61-37-43-67(55-21-17-18-22-55)77(53-61)106-63-29-13-7-14-30-63)51-47-71(79(69)81)85(99)93(3)59-33-39-65(40-34-59)105-66-41-35-60(36-42-66)94(4)86(100)72-48-52-76-82-74(50-46-70(80(72)82)84(98)92(2)58-27-11-6-12-28-58)88(102)96(90(76)104)62-38-44-68(56-23-19-20-24-56)78(54-62)107-64-31-15-8-16-32-64/h5-23,25-55H,24H2,1-4H3. The van der Waals surface area contributed by atoms with Gasteiger partial charge in [0.1, 0.15) is 34.5 Å². The smallest absolute Gasteiger partial charge is 0.265 e. The molecule has 0 bridgehead atoms. The number of hydrogen-bond acceptors (Lipinski definition) is 11. The molecule has 17 nitrogen and oxygen atoms in total. The second-order valence-electron chi connectivity index (χ2n) is 26.1. The quantitative estimate of drug-likeness (QED) is 0.0745. The summed E-state index contributed by atoms with van der Waals surface area (Å²) >= 11 is 0. The Labute approximate surface area is 615 Å². The first-order chi connectivity index (χ1) is 52.1. The molecule has 2 aliphatic heterocycles. The molecule has 12 aromatic rings. The maximum atomic E-state index is 15.2. The summed E-state index contributed by atoms with van der Waals surface area (Å²) in [5, 5.41) is 0.599. The normalized spacial score (nSPS) is 13.5. The fourth-order valence-electron chi connectivity index (χ4n) is 14.2. The molecule has 0 atom stereocenters. The molecule has 16 rings (SSSR count). The summed E-state index contributed by atoms with van der Waals surface area (Å²) in [6, 6.07) is 72.6. The van der Waals surface area contributed by atoms with E-state index in [0.717, 1.165) is 26.5 Å². The number of ether oxygens (including phenoxy) is 3. The van der Waals surface area contributed by atoms with E-state index in [-0.39, 0.29) is 83.3 Å². The van der Waals surface area contributed by atoms with Crippen molar-refractivity contribution in [2.75, 3.05) is 57.6 Å². The number of carbonyl (C=O) groups excluding carboxylic acids is 8. The van der Waals surface area contributed by atoms with Crippen molar-refractivity contribution >= 4 is 108 Å². The van der Waals surface area contributed by atoms with Gasteiger partial charge in [0.05, 0.1) is 11.4 Å². The topological polar surface area (TPSA) is 184 Å². The molecule has 12 aromatic carbocycles. The van der Waals surface area contributed by atoms with Crippen molar-refractivity contribution in [3.63, 3.8) is 0 Å². The Balaban J connectivity index is 0.671. The number of carbonyl (C=O) groups is 8. The Morgan fingerprint density at radius 1 is 0.336 bits per heavy atom. The molecule has 520 valence electrons. The van der Waals surface area contributed by atoms with Gasteiger partial charge in [-0.25, -0.2) is 9.80 Å². The lowest BCUT2D eigenvalue weighted by atomic mass is 9.87. The minimum absolute atomic E-state index is 0.0691. The van der Waals surface area contributed by atoms with Crippen LogP contribution < -0.4 is 43.6 Å². The zero-order valence-electron chi connectivity index (χ0n) is 58.2. The summed E-state index contributed by atoms with van der Waals surface area (Å²) in [6.07, 6.45) is 14.6. The molecule has 17 heteroatoms. The SMILES string of the molecule is CN(C(=O)c1ccc2c3c(ccc(C(=O)N(C)c4ccc(Oc5ccc(N(C)C(=O)c6ccc7c8c(ccc(C(=O)N(C)c9ccccc9)c68)C(=O)N(c6ccc(C8C=CC=C8)c(Oc8ccccc8)c6)C7=O)cc5)cc4)c13)C(=O)N(c1ccc(C3=CC=CC3)c(Oc3ccccc3)c1)C2=O)c1ccccc1. The maximum absolute atomic E-state index is 15.2. The first-order valence-corrected chi connectivity index (χ1v) is 34.6. The molecule has 0 aromatic heterocycles. The third-order valence-corrected chi connectivity index (χ3v) is 19.8. The molecule has 0 fully saturated rings. The second-order valence-corrected chi connectivity index (χ2v) is 26.1. The van der Waals surface area contributed by atoms with Gasteiger partial charge in [0.25, 0.3) is 47.3 Å². The number of hydrogen-bond donors (Lipinski definition) is 0. The van der Waals surface area contributed by atoms with Crippen LogP contribution in [0.4, 0.5) is 34.1 Å². The molecular weight excluding hydrogens is 1340 g/mol. The monoisotopic (exact) mass is 1400 g/mol. The molecule has 0 unspecified atom stereocenters. The zero-order valence-corrected chi connectivity index (χ0v) is 58.2. The molecule has 0 spiro atoms. The van der Waals surface area contributed by atoms with Gasteiger partial charge in [-0.05, 0) is 176 Å². The Bertz CT molecular complexity index is 5780. The highest BCUT2D eigenvalue weighted by atomic mass is 16.5. The first-order valence-electron chi connectivity index (χ1n) is 34.6. The number of imide groups is 2. The number of para-hydroxylation sites is 4. The van der Waals surface area contributed by atoms with Crippen molar-refractivity contribution in [1.82, 2.24) is 0 Å². The molecular formula is C90H64N6O11. The third kappa shape index (κ3) is 12.2. The Hall–Kier alpha value is -14.3. The van der Waals surface area contributed by atoms with Gasteiger partial charge in [-0.2, -0.15) is 0 Å². The molecule has 0 saturated heterocycles. The Morgan fingerprint density at radius 3 is 1.06 bits per heavy atom. The van der Waals surface area contributed by atoms with Crippen molar-refractivity contribution in [3.8, 4) is 34.5 Å². The summed E-state index contributed by atoms with van der Waals surface area (Å²) in [7, 11) is 6.41. The van der Waals surface area contributed by atoms with Crippen molar-refractivity contribution in [3.05, 3.63) is 353 Å². The highest BCUT2D eigenvalue weighted by Gasteiger charge is 2.40. The van der Waals surface area contributed by atoms with Crippen LogP contribution in [0, 0.1) is 0 Å². The van der Waals surface area contributed by atoms with Gasteiger partial charge in [0, 0.05) is 146 Å². The van der Waals surface area contributed by atoms with Gasteiger partial charge < -0.3 is 33.8 Å². The lowest BCUT2D eigenvalue weighted by molar-refractivity contribution is 0.0877. The van der Waals surface area contributed by atoms with Crippen LogP contribution in [-0.2, 0) is 0 Å². The number of amides is 8. The van der Waals surface area contributed by atoms with Gasteiger partial charge in [0.15, 0.2) is 0 Å². The van der Waals surface area contributed by atoms with Gasteiger partial charge in [-0.15, -0.1) is 0 Å². The van der Waals surface area contributed by atoms with Gasteiger partial charge in [-0.3, -0.25) is 38.4 Å². The van der Waals surface area contributed by atoms with Gasteiger partial charge in [0.2, 0.25) is 0 Å². The molecule has 2 aliphatic carbocycles. The number of anilines is 6. The largest absolute Gasteiger partial charge is 0.457 e. The fourth-order valence-corrected chi connectivity index (χ4v) is 14.2. The Kier molecular flexibility index (Phi) is 17.5. The van der Waals surface area contributed by atoms with Crippen LogP contribution in [0.2, 0.25) is 0 Å². The number of nitrogens with zero attached hydrogens (tertiary/aromatic N) is 6. The van der Waals surface area contributed by atoms with E-state index in [2.05, 4.69) is 0 Å². The highest BCUT2D eigenvalue weighted by molar-refractivity contribution is 6.40. The van der Waals surface area contributed by atoms with E-state index in [1.165, 1.54) is 68.1 Å². The average molecular weight is 1410 g/mol. The van der Waals surface area contributed by atoms with Crippen molar-refractivity contribution < 1.29 is 52.6 Å². The second kappa shape index (κ2) is 27.8. The molecule has 2 heterocycles. The van der Waals surface area contributed by atoms with Crippen molar-refractivity contribution in [2.45, 2.75) is 12.3 Å². The first kappa shape index (κ1) is 67.2. The van der Waals surface area contributed by atoms with E-state index in [0.29, 0.717) is 63.7 Å². The van der Waals surface area contributed by atoms with E-state index >= 15 is 28.8 Å². The number of rotatable bonds is 18. The van der Waals surface area contributed by atoms with E-state index in [9.17, 15) is 9.59 Å². The fraction of sp³-hybridized carbons (Fsp3) is 0.0667. The van der Waals surface area contributed by atoms with Crippen LogP contribution in [0.3, 0.4) is 0 Å². The lowest BCUT2D eigenvalue weighted by Crippen LogP contribution is -2.41. The van der Waals surface area contributed by atoms with E-state index in [1.54, 1.807) is 150 Å². The molecule has 8 amide bonds. The van der Waals surface area contributed by atoms with Crippen LogP contribution in [0.1, 0.15) is 106 Å². The zero-order chi connectivity index (χ0) is 73.7. The van der Waals surface area contributed by atoms with E-state index < -0.39 is 47.3 Å². The minimum atomic E-state index is -0.656. The molecule has 0 saturated carbocycles. The van der Waals surface area contributed by atoms with Crippen molar-refractivity contribution in [1.29, 1.82) is 0 Å². The Morgan fingerprint density at radius 2 is 0.673 bits per heavy atom. The van der Waals surface area contributed by atoms with E-state index in [1.807, 2.05) is 127 Å². The number of benzene rings is 12. The summed E-state index contributed by atoms with van der Waals surface area (Å²) in [4.78, 5) is 128. The molecule has 4 aliphatic rings. The van der Waals surface area contributed by atoms with Crippen LogP contribution in [0.15, 0.2) is 297 Å². The van der Waals surface area contributed by atoms with Gasteiger partial charge in [-0.1, -0.05) is 121 Å². The highest BCUT2D eigenvalue weighted by Crippen LogP contribution is 2.45. The van der Waals surface area contributed by atoms with Crippen LogP contribution in [0.25, 0.3) is 27.1 Å². The van der Waals surface area contributed by atoms with Crippen molar-refractivity contribution in [2.24, 2.45) is 0 Å². The maximum Gasteiger partial charge on any atom is 0.265 e. The summed E-state index contributed by atoms with van der Waals surface area (Å²) < 4.78 is 19.2. The summed E-state index contributed by atoms with van der Waals surface area (Å²) in [6.45, 7) is 0. The predicted molar refractivity (Wildman–Crippen MR) is 416 cm³/mol. The van der Waals surface area contributed by atoms with Gasteiger partial charge >= 0.3 is 0 Å². The number of allylic oxidation sites excluding steroid dienone is 8. The predicted octanol–water partition coefficient (Wildman–Crippen LogP) is 18.6. The molecule has 107 heavy (non-hydrogen) atoms. The average Bonchev–Trinajstić information content (AvgIpc) is 0.827. The van der Waals surface area contributed by atoms with Crippen LogP contribution in [0.5, 0.6) is 34.5 Å². The lowest BCUT2D eigenvalue weighted by Gasteiger charge is -2.30. The molecule has 0 radical (unpaired) electrons. The minimum Gasteiger partial charge on any atom is -0.457 e. The third-order valence-electron chi connectivity index (χ3n) is 19.8.